The van der Waals surface area contributed by atoms with Gasteiger partial charge < -0.3 is 10.7 Å². The van der Waals surface area contributed by atoms with Crippen molar-refractivity contribution in [3.05, 3.63) is 71.5 Å². The van der Waals surface area contributed by atoms with Gasteiger partial charge in [0.1, 0.15) is 5.82 Å². The zero-order chi connectivity index (χ0) is 16.8. The number of hydrogen-bond acceptors (Lipinski definition) is 1. The molecule has 0 radical (unpaired) electrons. The fourth-order valence-corrected chi connectivity index (χ4v) is 3.24. The molecule has 1 aromatic heterocycles. The average molecular weight is 318 g/mol. The van der Waals surface area contributed by atoms with Gasteiger partial charge in [-0.25, -0.2) is 4.39 Å². The number of primary amides is 1. The number of H-pyrrole nitrogens is 1. The summed E-state index contributed by atoms with van der Waals surface area (Å²) in [5.74, 6) is -0.810. The molecular formula is C20H15FN2O. The van der Waals surface area contributed by atoms with Gasteiger partial charge in [0.25, 0.3) is 5.91 Å². The third kappa shape index (κ3) is 2.07. The molecule has 4 rings (SSSR count). The highest BCUT2D eigenvalue weighted by atomic mass is 19.1. The fraction of sp³-hybridized carbons (Fsp3) is 0.0500. The molecule has 1 amide bonds. The van der Waals surface area contributed by atoms with E-state index in [4.69, 9.17) is 5.73 Å². The Morgan fingerprint density at radius 2 is 1.83 bits per heavy atom. The molecule has 0 saturated carbocycles. The van der Waals surface area contributed by atoms with E-state index in [0.717, 1.165) is 27.4 Å². The number of rotatable bonds is 2. The van der Waals surface area contributed by atoms with Crippen LogP contribution in [0.5, 0.6) is 0 Å². The Labute approximate surface area is 137 Å². The Hall–Kier alpha value is -3.14. The number of nitrogens with one attached hydrogen (secondary N) is 1. The third-order valence-electron chi connectivity index (χ3n) is 4.34. The summed E-state index contributed by atoms with van der Waals surface area (Å²) in [6.45, 7) is 2.00. The van der Waals surface area contributed by atoms with E-state index in [0.29, 0.717) is 16.6 Å². The zero-order valence-corrected chi connectivity index (χ0v) is 13.1. The second-order valence-corrected chi connectivity index (χ2v) is 5.93. The SMILES string of the molecule is Cc1ccc2c(c1)[nH]c1c(C(N)=O)ccc(-c3ccccc3F)c12. The van der Waals surface area contributed by atoms with Crippen LogP contribution in [0.1, 0.15) is 15.9 Å². The summed E-state index contributed by atoms with van der Waals surface area (Å²) in [6, 6.07) is 16.0. The molecule has 3 aromatic carbocycles. The average Bonchev–Trinajstić information content (AvgIpc) is 2.92. The Morgan fingerprint density at radius 3 is 2.58 bits per heavy atom. The predicted molar refractivity (Wildman–Crippen MR) is 94.5 cm³/mol. The van der Waals surface area contributed by atoms with E-state index in [1.54, 1.807) is 30.3 Å². The van der Waals surface area contributed by atoms with Gasteiger partial charge in [-0.2, -0.15) is 0 Å². The quantitative estimate of drug-likeness (QED) is 0.560. The number of carbonyl (C=O) groups is 1. The first kappa shape index (κ1) is 14.5. The van der Waals surface area contributed by atoms with Crippen LogP contribution in [-0.2, 0) is 0 Å². The van der Waals surface area contributed by atoms with Crippen molar-refractivity contribution >= 4 is 27.7 Å². The van der Waals surface area contributed by atoms with Gasteiger partial charge in [-0.1, -0.05) is 36.4 Å². The van der Waals surface area contributed by atoms with E-state index in [1.807, 2.05) is 25.1 Å². The van der Waals surface area contributed by atoms with Crippen LogP contribution in [0.25, 0.3) is 32.9 Å². The van der Waals surface area contributed by atoms with Crippen molar-refractivity contribution in [2.45, 2.75) is 6.92 Å². The molecule has 24 heavy (non-hydrogen) atoms. The van der Waals surface area contributed by atoms with Crippen LogP contribution in [0.15, 0.2) is 54.6 Å². The van der Waals surface area contributed by atoms with Crippen LogP contribution in [0, 0.1) is 12.7 Å². The highest BCUT2D eigenvalue weighted by Crippen LogP contribution is 2.37. The van der Waals surface area contributed by atoms with Crippen LogP contribution in [0.2, 0.25) is 0 Å². The largest absolute Gasteiger partial charge is 0.366 e. The summed E-state index contributed by atoms with van der Waals surface area (Å²) >= 11 is 0. The molecule has 0 atom stereocenters. The summed E-state index contributed by atoms with van der Waals surface area (Å²) < 4.78 is 14.3. The third-order valence-corrected chi connectivity index (χ3v) is 4.34. The maximum absolute atomic E-state index is 14.3. The molecular weight excluding hydrogens is 303 g/mol. The highest BCUT2D eigenvalue weighted by molar-refractivity contribution is 6.19. The predicted octanol–water partition coefficient (Wildman–Crippen LogP) is 4.53. The normalized spacial score (nSPS) is 11.2. The lowest BCUT2D eigenvalue weighted by molar-refractivity contribution is 0.100. The van der Waals surface area contributed by atoms with Gasteiger partial charge in [-0.15, -0.1) is 0 Å². The van der Waals surface area contributed by atoms with Gasteiger partial charge in [-0.05, 0) is 36.2 Å². The molecule has 3 N–H and O–H groups in total. The molecule has 0 aliphatic carbocycles. The topological polar surface area (TPSA) is 58.9 Å². The Kier molecular flexibility index (Phi) is 3.13. The Bertz CT molecular complexity index is 1110. The lowest BCUT2D eigenvalue weighted by atomic mass is 9.96. The van der Waals surface area contributed by atoms with E-state index in [9.17, 15) is 9.18 Å². The molecule has 4 heteroatoms. The second kappa shape index (κ2) is 5.20. The van der Waals surface area contributed by atoms with Crippen LogP contribution in [0.3, 0.4) is 0 Å². The number of hydrogen-bond donors (Lipinski definition) is 2. The van der Waals surface area contributed by atoms with E-state index >= 15 is 0 Å². The van der Waals surface area contributed by atoms with Gasteiger partial charge in [-0.3, -0.25) is 4.79 Å². The number of halogens is 1. The Morgan fingerprint density at radius 1 is 1.04 bits per heavy atom. The standard InChI is InChI=1S/C20H15FN2O/c1-11-6-7-14-17(10-11)23-19-15(20(22)24)9-8-13(18(14)19)12-4-2-3-5-16(12)21/h2-10,23H,1H3,(H2,22,24). The first-order chi connectivity index (χ1) is 11.6. The second-order valence-electron chi connectivity index (χ2n) is 5.93. The van der Waals surface area contributed by atoms with Gasteiger partial charge in [0.2, 0.25) is 0 Å². The van der Waals surface area contributed by atoms with Crippen LogP contribution in [-0.4, -0.2) is 10.9 Å². The van der Waals surface area contributed by atoms with Gasteiger partial charge in [0, 0.05) is 21.9 Å². The van der Waals surface area contributed by atoms with Crippen molar-refractivity contribution in [1.82, 2.24) is 4.98 Å². The molecule has 4 aromatic rings. The molecule has 118 valence electrons. The van der Waals surface area contributed by atoms with Crippen LogP contribution in [0.4, 0.5) is 4.39 Å². The molecule has 0 fully saturated rings. The van der Waals surface area contributed by atoms with Crippen molar-refractivity contribution in [2.75, 3.05) is 0 Å². The number of aromatic amines is 1. The maximum Gasteiger partial charge on any atom is 0.250 e. The summed E-state index contributed by atoms with van der Waals surface area (Å²) in [4.78, 5) is 15.1. The first-order valence-corrected chi connectivity index (χ1v) is 7.66. The van der Waals surface area contributed by atoms with E-state index in [2.05, 4.69) is 4.98 Å². The Balaban J connectivity index is 2.20. The minimum atomic E-state index is -0.511. The lowest BCUT2D eigenvalue weighted by Gasteiger charge is -2.08. The molecule has 0 bridgehead atoms. The molecule has 0 unspecified atom stereocenters. The van der Waals surface area contributed by atoms with E-state index in [1.165, 1.54) is 6.07 Å². The number of aryl methyl sites for hydroxylation is 1. The molecule has 0 spiro atoms. The van der Waals surface area contributed by atoms with Gasteiger partial charge >= 0.3 is 0 Å². The number of aromatic nitrogens is 1. The molecule has 0 saturated heterocycles. The van der Waals surface area contributed by atoms with Crippen molar-refractivity contribution in [2.24, 2.45) is 5.73 Å². The smallest absolute Gasteiger partial charge is 0.250 e. The zero-order valence-electron chi connectivity index (χ0n) is 13.1. The highest BCUT2D eigenvalue weighted by Gasteiger charge is 2.17. The molecule has 3 nitrogen and oxygen atoms in total. The first-order valence-electron chi connectivity index (χ1n) is 7.66. The minimum Gasteiger partial charge on any atom is -0.366 e. The number of carbonyl (C=O) groups excluding carboxylic acids is 1. The van der Waals surface area contributed by atoms with Crippen molar-refractivity contribution in [3.63, 3.8) is 0 Å². The summed E-state index contributed by atoms with van der Waals surface area (Å²) in [5.41, 5.74) is 9.80. The number of nitrogens with two attached hydrogens (primary N) is 1. The maximum atomic E-state index is 14.3. The van der Waals surface area contributed by atoms with E-state index < -0.39 is 5.91 Å². The van der Waals surface area contributed by atoms with Crippen molar-refractivity contribution < 1.29 is 9.18 Å². The lowest BCUT2D eigenvalue weighted by Crippen LogP contribution is -2.11. The number of benzene rings is 3. The van der Waals surface area contributed by atoms with E-state index in [-0.39, 0.29) is 5.82 Å². The molecule has 0 aliphatic rings. The summed E-state index contributed by atoms with van der Waals surface area (Å²) in [5, 5.41) is 1.75. The van der Waals surface area contributed by atoms with Crippen molar-refractivity contribution in [3.8, 4) is 11.1 Å². The summed E-state index contributed by atoms with van der Waals surface area (Å²) in [7, 11) is 0. The van der Waals surface area contributed by atoms with Gasteiger partial charge in [0.15, 0.2) is 0 Å². The molecule has 1 heterocycles. The van der Waals surface area contributed by atoms with Crippen LogP contribution < -0.4 is 5.73 Å². The minimum absolute atomic E-state index is 0.299. The van der Waals surface area contributed by atoms with Crippen molar-refractivity contribution in [1.29, 1.82) is 0 Å². The number of fused-ring (bicyclic) bond motifs is 3. The summed E-state index contributed by atoms with van der Waals surface area (Å²) in [6.07, 6.45) is 0. The monoisotopic (exact) mass is 318 g/mol. The fourth-order valence-electron chi connectivity index (χ4n) is 3.24. The molecule has 0 aliphatic heterocycles. The van der Waals surface area contributed by atoms with Gasteiger partial charge in [0.05, 0.1) is 11.1 Å². The van der Waals surface area contributed by atoms with Crippen LogP contribution >= 0.6 is 0 Å². The number of amides is 1.